The summed E-state index contributed by atoms with van der Waals surface area (Å²) in [6, 6.07) is 7.73. The summed E-state index contributed by atoms with van der Waals surface area (Å²) in [5.74, 6) is 0.976. The quantitative estimate of drug-likeness (QED) is 0.753. The summed E-state index contributed by atoms with van der Waals surface area (Å²) < 4.78 is 11.6. The molecule has 1 atom stereocenters. The van der Waals surface area contributed by atoms with Crippen LogP contribution in [0.5, 0.6) is 0 Å². The largest absolute Gasteiger partial charge is 0.419 e. The third-order valence-electron chi connectivity index (χ3n) is 2.96. The van der Waals surface area contributed by atoms with E-state index in [2.05, 4.69) is 31.4 Å². The molecule has 0 amide bonds. The number of methoxy groups -OCH3 is 1. The van der Waals surface area contributed by atoms with Crippen molar-refractivity contribution < 1.29 is 14.3 Å². The number of aliphatic hydroxyl groups excluding tert-OH is 1. The molecule has 0 aliphatic rings. The first-order chi connectivity index (χ1) is 10.2. The predicted molar refractivity (Wildman–Crippen MR) is 81.6 cm³/mol. The van der Waals surface area contributed by atoms with Crippen LogP contribution in [0.2, 0.25) is 0 Å². The summed E-state index contributed by atoms with van der Waals surface area (Å²) in [6.45, 7) is 1.06. The number of halogens is 1. The first-order valence-corrected chi connectivity index (χ1v) is 7.44. The number of rotatable bonds is 8. The summed E-state index contributed by atoms with van der Waals surface area (Å²) >= 11 is 3.46. The molecular weight excluding hydrogens is 338 g/mol. The molecule has 0 spiro atoms. The van der Waals surface area contributed by atoms with Crippen molar-refractivity contribution in [2.24, 2.45) is 0 Å². The summed E-state index contributed by atoms with van der Waals surface area (Å²) in [7, 11) is 1.63. The van der Waals surface area contributed by atoms with Crippen LogP contribution in [0.3, 0.4) is 0 Å². The minimum absolute atomic E-state index is 0.0545. The van der Waals surface area contributed by atoms with Gasteiger partial charge in [0.25, 0.3) is 0 Å². The Labute approximate surface area is 131 Å². The fourth-order valence-electron chi connectivity index (χ4n) is 1.90. The number of nitrogens with zero attached hydrogens (tertiary/aromatic N) is 2. The molecule has 114 valence electrons. The minimum atomic E-state index is 0.0545. The van der Waals surface area contributed by atoms with Gasteiger partial charge in [0.15, 0.2) is 0 Å². The average Bonchev–Trinajstić information content (AvgIpc) is 2.94. The van der Waals surface area contributed by atoms with Gasteiger partial charge in [0.05, 0.1) is 18.7 Å². The first-order valence-electron chi connectivity index (χ1n) is 6.65. The highest BCUT2D eigenvalue weighted by Gasteiger charge is 2.13. The molecule has 1 unspecified atom stereocenters. The van der Waals surface area contributed by atoms with E-state index >= 15 is 0 Å². The molecule has 0 aliphatic heterocycles. The average molecular weight is 356 g/mol. The predicted octanol–water partition coefficient (Wildman–Crippen LogP) is 1.99. The van der Waals surface area contributed by atoms with Crippen molar-refractivity contribution in [3.8, 4) is 11.5 Å². The fourth-order valence-corrected chi connectivity index (χ4v) is 2.36. The zero-order valence-corrected chi connectivity index (χ0v) is 13.3. The highest BCUT2D eigenvalue weighted by Crippen LogP contribution is 2.26. The van der Waals surface area contributed by atoms with E-state index in [4.69, 9.17) is 14.3 Å². The molecule has 2 rings (SSSR count). The molecule has 0 saturated heterocycles. The topological polar surface area (TPSA) is 80.4 Å². The van der Waals surface area contributed by atoms with E-state index in [1.165, 1.54) is 0 Å². The molecule has 0 saturated carbocycles. The van der Waals surface area contributed by atoms with Gasteiger partial charge in [0.2, 0.25) is 11.8 Å². The third-order valence-corrected chi connectivity index (χ3v) is 3.65. The van der Waals surface area contributed by atoms with Crippen LogP contribution in [0.1, 0.15) is 12.3 Å². The second-order valence-electron chi connectivity index (χ2n) is 4.53. The van der Waals surface area contributed by atoms with Crippen LogP contribution in [0.25, 0.3) is 11.5 Å². The van der Waals surface area contributed by atoms with Gasteiger partial charge >= 0.3 is 0 Å². The van der Waals surface area contributed by atoms with E-state index < -0.39 is 0 Å². The number of ether oxygens (including phenoxy) is 1. The van der Waals surface area contributed by atoms with Gasteiger partial charge in [-0.15, -0.1) is 10.2 Å². The van der Waals surface area contributed by atoms with Crippen LogP contribution >= 0.6 is 15.9 Å². The zero-order chi connectivity index (χ0) is 15.1. The van der Waals surface area contributed by atoms with Crippen LogP contribution in [-0.4, -0.2) is 41.7 Å². The van der Waals surface area contributed by atoms with Crippen LogP contribution in [-0.2, 0) is 11.3 Å². The van der Waals surface area contributed by atoms with Crippen LogP contribution in [0, 0.1) is 0 Å². The minimum Gasteiger partial charge on any atom is -0.419 e. The third kappa shape index (κ3) is 4.60. The molecule has 21 heavy (non-hydrogen) atoms. The van der Waals surface area contributed by atoms with Crippen molar-refractivity contribution in [1.82, 2.24) is 15.5 Å². The standard InChI is InChI=1S/C14H18BrN3O3/c1-20-9-10(6-7-19)16-8-13-17-18-14(21-13)11-4-2-3-5-12(11)15/h2-5,10,16,19H,6-9H2,1H3. The van der Waals surface area contributed by atoms with Gasteiger partial charge in [-0.25, -0.2) is 0 Å². The molecule has 7 heteroatoms. The van der Waals surface area contributed by atoms with Crippen molar-refractivity contribution in [2.75, 3.05) is 20.3 Å². The lowest BCUT2D eigenvalue weighted by atomic mass is 10.2. The van der Waals surface area contributed by atoms with E-state index in [9.17, 15) is 0 Å². The van der Waals surface area contributed by atoms with Crippen molar-refractivity contribution in [1.29, 1.82) is 0 Å². The fraction of sp³-hybridized carbons (Fsp3) is 0.429. The number of aromatic nitrogens is 2. The lowest BCUT2D eigenvalue weighted by Gasteiger charge is -2.15. The normalized spacial score (nSPS) is 12.5. The van der Waals surface area contributed by atoms with Gasteiger partial charge < -0.3 is 19.6 Å². The van der Waals surface area contributed by atoms with Gasteiger partial charge in [-0.05, 0) is 34.5 Å². The Morgan fingerprint density at radius 3 is 2.90 bits per heavy atom. The van der Waals surface area contributed by atoms with E-state index in [0.717, 1.165) is 10.0 Å². The lowest BCUT2D eigenvalue weighted by molar-refractivity contribution is 0.146. The number of hydrogen-bond acceptors (Lipinski definition) is 6. The Morgan fingerprint density at radius 2 is 2.19 bits per heavy atom. The van der Waals surface area contributed by atoms with Gasteiger partial charge in [-0.1, -0.05) is 12.1 Å². The molecule has 1 aromatic carbocycles. The smallest absolute Gasteiger partial charge is 0.248 e. The van der Waals surface area contributed by atoms with E-state index in [-0.39, 0.29) is 12.6 Å². The van der Waals surface area contributed by atoms with Crippen molar-refractivity contribution in [3.63, 3.8) is 0 Å². The second kappa shape index (κ2) is 8.23. The molecule has 0 fully saturated rings. The summed E-state index contributed by atoms with van der Waals surface area (Å²) in [6.07, 6.45) is 0.610. The molecule has 1 heterocycles. The van der Waals surface area contributed by atoms with Crippen LogP contribution < -0.4 is 5.32 Å². The van der Waals surface area contributed by atoms with E-state index in [0.29, 0.717) is 31.4 Å². The zero-order valence-electron chi connectivity index (χ0n) is 11.8. The molecule has 2 aromatic rings. The summed E-state index contributed by atoms with van der Waals surface area (Å²) in [4.78, 5) is 0. The molecular formula is C14H18BrN3O3. The van der Waals surface area contributed by atoms with Gasteiger partial charge in [-0.2, -0.15) is 0 Å². The Morgan fingerprint density at radius 1 is 1.38 bits per heavy atom. The van der Waals surface area contributed by atoms with Crippen LogP contribution in [0.4, 0.5) is 0 Å². The molecule has 0 aliphatic carbocycles. The summed E-state index contributed by atoms with van der Waals surface area (Å²) in [5, 5.41) is 20.3. The lowest BCUT2D eigenvalue weighted by Crippen LogP contribution is -2.33. The number of hydrogen-bond donors (Lipinski definition) is 2. The Kier molecular flexibility index (Phi) is 6.31. The monoisotopic (exact) mass is 355 g/mol. The van der Waals surface area contributed by atoms with Gasteiger partial charge in [0.1, 0.15) is 0 Å². The molecule has 0 bridgehead atoms. The van der Waals surface area contributed by atoms with Crippen molar-refractivity contribution >= 4 is 15.9 Å². The van der Waals surface area contributed by atoms with Crippen molar-refractivity contribution in [2.45, 2.75) is 19.0 Å². The highest BCUT2D eigenvalue weighted by atomic mass is 79.9. The molecule has 2 N–H and O–H groups in total. The van der Waals surface area contributed by atoms with Crippen molar-refractivity contribution in [3.05, 3.63) is 34.6 Å². The first kappa shape index (κ1) is 16.1. The van der Waals surface area contributed by atoms with E-state index in [1.54, 1.807) is 7.11 Å². The maximum Gasteiger partial charge on any atom is 0.248 e. The Hall–Kier alpha value is -1.28. The second-order valence-corrected chi connectivity index (χ2v) is 5.38. The van der Waals surface area contributed by atoms with Gasteiger partial charge in [0, 0.05) is 24.2 Å². The molecule has 6 nitrogen and oxygen atoms in total. The van der Waals surface area contributed by atoms with Crippen LogP contribution in [0.15, 0.2) is 33.2 Å². The Bertz CT molecular complexity index is 556. The highest BCUT2D eigenvalue weighted by molar-refractivity contribution is 9.10. The molecule has 1 aromatic heterocycles. The Balaban J connectivity index is 1.98. The number of nitrogens with one attached hydrogen (secondary N) is 1. The SMILES string of the molecule is COCC(CCO)NCc1nnc(-c2ccccc2Br)o1. The number of benzene rings is 1. The maximum absolute atomic E-state index is 8.99. The van der Waals surface area contributed by atoms with E-state index in [1.807, 2.05) is 24.3 Å². The summed E-state index contributed by atoms with van der Waals surface area (Å²) in [5.41, 5.74) is 0.861. The van der Waals surface area contributed by atoms with Gasteiger partial charge in [-0.3, -0.25) is 0 Å². The number of aliphatic hydroxyl groups is 1. The molecule has 0 radical (unpaired) electrons. The maximum atomic E-state index is 8.99.